The second-order valence-corrected chi connectivity index (χ2v) is 5.02. The Labute approximate surface area is 127 Å². The lowest BCUT2D eigenvalue weighted by atomic mass is 10.1. The van der Waals surface area contributed by atoms with Crippen molar-refractivity contribution in [2.75, 3.05) is 6.61 Å². The van der Waals surface area contributed by atoms with E-state index in [-0.39, 0.29) is 5.78 Å². The summed E-state index contributed by atoms with van der Waals surface area (Å²) in [6.07, 6.45) is 1.71. The molecule has 0 radical (unpaired) electrons. The minimum atomic E-state index is -0.122. The van der Waals surface area contributed by atoms with Crippen LogP contribution in [0, 0.1) is 0 Å². The van der Waals surface area contributed by atoms with Crippen molar-refractivity contribution in [2.24, 2.45) is 0 Å². The highest BCUT2D eigenvalue weighted by Crippen LogP contribution is 2.34. The summed E-state index contributed by atoms with van der Waals surface area (Å²) in [5.74, 6) is 1.41. The molecule has 0 aliphatic carbocycles. The molecule has 1 heterocycles. The number of Topliss-reactive ketones (excluding diaryl/α,β-unsaturated/α-hetero) is 1. The summed E-state index contributed by atoms with van der Waals surface area (Å²) in [6.45, 7) is 2.48. The standard InChI is InChI=1S/C17H13ClO3/c1-2-20-13-7-8-14-15(10-13)21-16(17(14)19)9-11-3-5-12(18)6-4-11/h3-10H,2H2,1H3/b16-9-. The van der Waals surface area contributed by atoms with Gasteiger partial charge < -0.3 is 9.47 Å². The van der Waals surface area contributed by atoms with E-state index >= 15 is 0 Å². The van der Waals surface area contributed by atoms with Gasteiger partial charge >= 0.3 is 0 Å². The van der Waals surface area contributed by atoms with Gasteiger partial charge in [-0.3, -0.25) is 4.79 Å². The van der Waals surface area contributed by atoms with Crippen molar-refractivity contribution in [2.45, 2.75) is 6.92 Å². The van der Waals surface area contributed by atoms with Gasteiger partial charge in [-0.05, 0) is 42.8 Å². The first-order valence-corrected chi connectivity index (χ1v) is 7.02. The van der Waals surface area contributed by atoms with E-state index in [1.54, 1.807) is 36.4 Å². The number of hydrogen-bond acceptors (Lipinski definition) is 3. The van der Waals surface area contributed by atoms with Gasteiger partial charge in [0, 0.05) is 11.1 Å². The lowest BCUT2D eigenvalue weighted by molar-refractivity contribution is 0.101. The van der Waals surface area contributed by atoms with Gasteiger partial charge in [0.25, 0.3) is 0 Å². The Balaban J connectivity index is 1.90. The van der Waals surface area contributed by atoms with Gasteiger partial charge in [0.05, 0.1) is 12.2 Å². The van der Waals surface area contributed by atoms with Gasteiger partial charge in [-0.25, -0.2) is 0 Å². The lowest BCUT2D eigenvalue weighted by Gasteiger charge is -2.03. The Morgan fingerprint density at radius 3 is 2.67 bits per heavy atom. The molecule has 0 saturated heterocycles. The molecule has 0 spiro atoms. The van der Waals surface area contributed by atoms with Crippen molar-refractivity contribution in [1.82, 2.24) is 0 Å². The summed E-state index contributed by atoms with van der Waals surface area (Å²) in [4.78, 5) is 12.3. The summed E-state index contributed by atoms with van der Waals surface area (Å²) in [7, 11) is 0. The molecule has 1 aliphatic heterocycles. The maximum atomic E-state index is 12.3. The van der Waals surface area contributed by atoms with Crippen LogP contribution in [0.4, 0.5) is 0 Å². The van der Waals surface area contributed by atoms with Crippen molar-refractivity contribution in [1.29, 1.82) is 0 Å². The van der Waals surface area contributed by atoms with Crippen LogP contribution < -0.4 is 9.47 Å². The molecule has 2 aromatic carbocycles. The zero-order valence-corrected chi connectivity index (χ0v) is 12.2. The van der Waals surface area contributed by atoms with E-state index < -0.39 is 0 Å². The van der Waals surface area contributed by atoms with Crippen molar-refractivity contribution < 1.29 is 14.3 Å². The predicted molar refractivity (Wildman–Crippen MR) is 82.0 cm³/mol. The molecule has 0 atom stereocenters. The van der Waals surface area contributed by atoms with E-state index in [9.17, 15) is 4.79 Å². The predicted octanol–water partition coefficient (Wildman–Crippen LogP) is 4.35. The van der Waals surface area contributed by atoms with Crippen LogP contribution in [0.3, 0.4) is 0 Å². The molecular weight excluding hydrogens is 288 g/mol. The second-order valence-electron chi connectivity index (χ2n) is 4.58. The number of hydrogen-bond donors (Lipinski definition) is 0. The molecule has 0 aromatic heterocycles. The summed E-state index contributed by atoms with van der Waals surface area (Å²) in [5.41, 5.74) is 1.42. The van der Waals surface area contributed by atoms with Gasteiger partial charge in [0.15, 0.2) is 5.76 Å². The van der Waals surface area contributed by atoms with Crippen LogP contribution in [0.2, 0.25) is 5.02 Å². The molecule has 0 bridgehead atoms. The average Bonchev–Trinajstić information content (AvgIpc) is 2.78. The molecule has 1 aliphatic rings. The Hall–Kier alpha value is -2.26. The zero-order valence-electron chi connectivity index (χ0n) is 11.4. The van der Waals surface area contributed by atoms with Crippen molar-refractivity contribution in [3.8, 4) is 11.5 Å². The highest BCUT2D eigenvalue weighted by Gasteiger charge is 2.27. The van der Waals surface area contributed by atoms with Crippen LogP contribution in [-0.2, 0) is 0 Å². The third kappa shape index (κ3) is 2.78. The molecule has 3 rings (SSSR count). The molecule has 0 saturated carbocycles. The highest BCUT2D eigenvalue weighted by atomic mass is 35.5. The van der Waals surface area contributed by atoms with Gasteiger partial charge in [0.2, 0.25) is 5.78 Å². The van der Waals surface area contributed by atoms with Gasteiger partial charge in [0.1, 0.15) is 11.5 Å². The molecule has 0 unspecified atom stereocenters. The number of rotatable bonds is 3. The average molecular weight is 301 g/mol. The summed E-state index contributed by atoms with van der Waals surface area (Å²) in [6, 6.07) is 12.4. The van der Waals surface area contributed by atoms with Crippen LogP contribution in [0.5, 0.6) is 11.5 Å². The summed E-state index contributed by atoms with van der Waals surface area (Å²) in [5, 5.41) is 0.653. The van der Waals surface area contributed by atoms with E-state index in [2.05, 4.69) is 0 Å². The Bertz CT molecular complexity index is 717. The lowest BCUT2D eigenvalue weighted by Crippen LogP contribution is -1.97. The topological polar surface area (TPSA) is 35.5 Å². The zero-order chi connectivity index (χ0) is 14.8. The van der Waals surface area contributed by atoms with Crippen LogP contribution in [0.1, 0.15) is 22.8 Å². The number of allylic oxidation sites excluding steroid dienone is 1. The summed E-state index contributed by atoms with van der Waals surface area (Å²) >= 11 is 5.84. The van der Waals surface area contributed by atoms with Gasteiger partial charge in [-0.1, -0.05) is 23.7 Å². The molecule has 0 fully saturated rings. The molecular formula is C17H13ClO3. The number of carbonyl (C=O) groups is 1. The number of fused-ring (bicyclic) bond motifs is 1. The quantitative estimate of drug-likeness (QED) is 0.790. The smallest absolute Gasteiger partial charge is 0.231 e. The van der Waals surface area contributed by atoms with E-state index in [1.165, 1.54) is 0 Å². The molecule has 2 aromatic rings. The Kier molecular flexibility index (Phi) is 3.67. The molecule has 3 nitrogen and oxygen atoms in total. The fourth-order valence-corrected chi connectivity index (χ4v) is 2.26. The normalized spacial score (nSPS) is 15.0. The highest BCUT2D eigenvalue weighted by molar-refractivity contribution is 6.30. The van der Waals surface area contributed by atoms with Crippen LogP contribution in [0.15, 0.2) is 48.2 Å². The van der Waals surface area contributed by atoms with E-state index in [0.717, 1.165) is 5.56 Å². The van der Waals surface area contributed by atoms with E-state index in [1.807, 2.05) is 19.1 Å². The second kappa shape index (κ2) is 5.62. The first kappa shape index (κ1) is 13.7. The number of benzene rings is 2. The fourth-order valence-electron chi connectivity index (χ4n) is 2.13. The number of ether oxygens (including phenoxy) is 2. The molecule has 0 amide bonds. The Morgan fingerprint density at radius 2 is 1.95 bits per heavy atom. The molecule has 4 heteroatoms. The van der Waals surface area contributed by atoms with E-state index in [4.69, 9.17) is 21.1 Å². The van der Waals surface area contributed by atoms with Crippen molar-refractivity contribution in [3.63, 3.8) is 0 Å². The largest absolute Gasteiger partial charge is 0.494 e. The number of ketones is 1. The van der Waals surface area contributed by atoms with E-state index in [0.29, 0.717) is 34.5 Å². The molecule has 0 N–H and O–H groups in total. The number of carbonyl (C=O) groups excluding carboxylic acids is 1. The van der Waals surface area contributed by atoms with Crippen LogP contribution >= 0.6 is 11.6 Å². The monoisotopic (exact) mass is 300 g/mol. The maximum Gasteiger partial charge on any atom is 0.231 e. The first-order chi connectivity index (χ1) is 10.2. The van der Waals surface area contributed by atoms with Crippen molar-refractivity contribution >= 4 is 23.5 Å². The third-order valence-corrected chi connectivity index (χ3v) is 3.37. The molecule has 106 valence electrons. The fraction of sp³-hybridized carbons (Fsp3) is 0.118. The van der Waals surface area contributed by atoms with Crippen LogP contribution in [-0.4, -0.2) is 12.4 Å². The maximum absolute atomic E-state index is 12.3. The minimum absolute atomic E-state index is 0.122. The first-order valence-electron chi connectivity index (χ1n) is 6.64. The summed E-state index contributed by atoms with van der Waals surface area (Å²) < 4.78 is 11.0. The molecule has 21 heavy (non-hydrogen) atoms. The SMILES string of the molecule is CCOc1ccc2c(c1)O/C(=C\c1ccc(Cl)cc1)C2=O. The van der Waals surface area contributed by atoms with Crippen molar-refractivity contribution in [3.05, 3.63) is 64.4 Å². The Morgan fingerprint density at radius 1 is 1.19 bits per heavy atom. The number of halogens is 1. The minimum Gasteiger partial charge on any atom is -0.494 e. The van der Waals surface area contributed by atoms with Gasteiger partial charge in [-0.2, -0.15) is 0 Å². The van der Waals surface area contributed by atoms with Crippen LogP contribution in [0.25, 0.3) is 6.08 Å². The van der Waals surface area contributed by atoms with Gasteiger partial charge in [-0.15, -0.1) is 0 Å². The third-order valence-electron chi connectivity index (χ3n) is 3.12.